The van der Waals surface area contributed by atoms with Crippen LogP contribution in [0.25, 0.3) is 0 Å². The number of amides is 2. The van der Waals surface area contributed by atoms with Gasteiger partial charge < -0.3 is 10.2 Å². The van der Waals surface area contributed by atoms with Crippen molar-refractivity contribution in [2.24, 2.45) is 0 Å². The van der Waals surface area contributed by atoms with Crippen LogP contribution < -0.4 is 5.32 Å². The van der Waals surface area contributed by atoms with Gasteiger partial charge in [0.25, 0.3) is 5.91 Å². The molecule has 1 aromatic heterocycles. The van der Waals surface area contributed by atoms with Crippen molar-refractivity contribution >= 4 is 11.8 Å². The van der Waals surface area contributed by atoms with Gasteiger partial charge in [-0.25, -0.2) is 0 Å². The molecule has 0 spiro atoms. The average Bonchev–Trinajstić information content (AvgIpc) is 2.56. The van der Waals surface area contributed by atoms with E-state index < -0.39 is 0 Å². The molecule has 0 aliphatic carbocycles. The lowest BCUT2D eigenvalue weighted by Crippen LogP contribution is -2.46. The van der Waals surface area contributed by atoms with E-state index in [-0.39, 0.29) is 17.9 Å². The van der Waals surface area contributed by atoms with Crippen LogP contribution in [0.2, 0.25) is 0 Å². The van der Waals surface area contributed by atoms with Gasteiger partial charge in [0.1, 0.15) is 0 Å². The fourth-order valence-corrected chi connectivity index (χ4v) is 2.64. The third kappa shape index (κ3) is 4.16. The summed E-state index contributed by atoms with van der Waals surface area (Å²) < 4.78 is 0. The maximum atomic E-state index is 12.2. The number of rotatable bonds is 4. The number of piperidine rings is 1. The number of hydrogen-bond acceptors (Lipinski definition) is 3. The molecule has 22 heavy (non-hydrogen) atoms. The predicted molar refractivity (Wildman–Crippen MR) is 85.4 cm³/mol. The lowest BCUT2D eigenvalue weighted by molar-refractivity contribution is -0.128. The maximum absolute atomic E-state index is 12.2. The fourth-order valence-electron chi connectivity index (χ4n) is 2.64. The number of aromatic nitrogens is 1. The van der Waals surface area contributed by atoms with E-state index in [0.29, 0.717) is 18.7 Å². The van der Waals surface area contributed by atoms with Crippen LogP contribution in [0.1, 0.15) is 43.5 Å². The van der Waals surface area contributed by atoms with Crippen LogP contribution in [0.15, 0.2) is 36.2 Å². The Balaban J connectivity index is 1.84. The molecule has 5 nitrogen and oxygen atoms in total. The summed E-state index contributed by atoms with van der Waals surface area (Å²) in [6.45, 7) is 5.27. The second kappa shape index (κ2) is 7.73. The minimum atomic E-state index is -0.0748. The summed E-state index contributed by atoms with van der Waals surface area (Å²) in [6, 6.07) is 3.53. The molecule has 0 bridgehead atoms. The third-order valence-electron chi connectivity index (χ3n) is 3.91. The smallest absolute Gasteiger partial charge is 0.251 e. The van der Waals surface area contributed by atoms with Crippen LogP contribution in [0, 0.1) is 0 Å². The summed E-state index contributed by atoms with van der Waals surface area (Å²) in [5.41, 5.74) is 1.43. The molecule has 0 unspecified atom stereocenters. The highest BCUT2D eigenvalue weighted by Gasteiger charge is 2.24. The first-order chi connectivity index (χ1) is 10.6. The normalized spacial score (nSPS) is 16.5. The second-order valence-electron chi connectivity index (χ2n) is 5.57. The number of likely N-dealkylation sites (tertiary alicyclic amines) is 1. The Labute approximate surface area is 131 Å². The van der Waals surface area contributed by atoms with Crippen molar-refractivity contribution in [1.29, 1.82) is 0 Å². The van der Waals surface area contributed by atoms with Crippen molar-refractivity contribution in [3.05, 3.63) is 41.7 Å². The Morgan fingerprint density at radius 1 is 1.32 bits per heavy atom. The van der Waals surface area contributed by atoms with Crippen molar-refractivity contribution in [2.75, 3.05) is 13.1 Å². The molecule has 0 aromatic carbocycles. The summed E-state index contributed by atoms with van der Waals surface area (Å²) in [7, 11) is 0. The van der Waals surface area contributed by atoms with Crippen LogP contribution in [0.5, 0.6) is 0 Å². The Hall–Kier alpha value is -2.17. The van der Waals surface area contributed by atoms with Gasteiger partial charge in [0.2, 0.25) is 5.91 Å². The summed E-state index contributed by atoms with van der Waals surface area (Å²) in [5.74, 6) is 0.0370. The molecule has 5 heteroatoms. The van der Waals surface area contributed by atoms with E-state index in [2.05, 4.69) is 10.3 Å². The molecule has 1 saturated heterocycles. The van der Waals surface area contributed by atoms with Crippen molar-refractivity contribution in [3.8, 4) is 0 Å². The minimum absolute atomic E-state index is 0.0748. The van der Waals surface area contributed by atoms with Crippen molar-refractivity contribution in [3.63, 3.8) is 0 Å². The monoisotopic (exact) mass is 301 g/mol. The van der Waals surface area contributed by atoms with Gasteiger partial charge >= 0.3 is 0 Å². The Kier molecular flexibility index (Phi) is 5.69. The number of nitrogens with one attached hydrogen (secondary N) is 1. The number of nitrogens with zero attached hydrogens (tertiary/aromatic N) is 2. The first-order valence-corrected chi connectivity index (χ1v) is 7.78. The fraction of sp³-hybridized carbons (Fsp3) is 0.471. The van der Waals surface area contributed by atoms with Gasteiger partial charge in [-0.2, -0.15) is 0 Å². The summed E-state index contributed by atoms with van der Waals surface area (Å²) in [6.07, 6.45) is 7.64. The Bertz CT molecular complexity index is 546. The number of carbonyl (C=O) groups is 2. The molecule has 1 fully saturated rings. The highest BCUT2D eigenvalue weighted by molar-refractivity contribution is 5.94. The second-order valence-corrected chi connectivity index (χ2v) is 5.57. The number of allylic oxidation sites excluding steroid dienone is 1. The molecule has 2 rings (SSSR count). The molecule has 2 amide bonds. The van der Waals surface area contributed by atoms with E-state index in [0.717, 1.165) is 24.8 Å². The zero-order valence-corrected chi connectivity index (χ0v) is 13.2. The summed E-state index contributed by atoms with van der Waals surface area (Å²) in [4.78, 5) is 30.1. The predicted octanol–water partition coefficient (Wildman–Crippen LogP) is 2.16. The molecule has 1 aliphatic rings. The van der Waals surface area contributed by atoms with E-state index >= 15 is 0 Å². The molecule has 1 aliphatic heterocycles. The van der Waals surface area contributed by atoms with Crippen LogP contribution in [-0.4, -0.2) is 40.8 Å². The lowest BCUT2D eigenvalue weighted by atomic mass is 10.0. The molecule has 1 N–H and O–H groups in total. The van der Waals surface area contributed by atoms with Crippen LogP contribution >= 0.6 is 0 Å². The van der Waals surface area contributed by atoms with Crippen molar-refractivity contribution < 1.29 is 9.59 Å². The molecule has 0 saturated carbocycles. The topological polar surface area (TPSA) is 62.3 Å². The first kappa shape index (κ1) is 16.2. The first-order valence-electron chi connectivity index (χ1n) is 7.78. The zero-order valence-electron chi connectivity index (χ0n) is 13.2. The Morgan fingerprint density at radius 2 is 1.95 bits per heavy atom. The van der Waals surface area contributed by atoms with Crippen molar-refractivity contribution in [2.45, 2.75) is 39.2 Å². The van der Waals surface area contributed by atoms with Crippen LogP contribution in [0.3, 0.4) is 0 Å². The molecule has 1 aromatic rings. The minimum Gasteiger partial charge on any atom is -0.349 e. The van der Waals surface area contributed by atoms with E-state index in [9.17, 15) is 9.59 Å². The van der Waals surface area contributed by atoms with E-state index in [1.54, 1.807) is 24.5 Å². The molecule has 118 valence electrons. The quantitative estimate of drug-likeness (QED) is 0.867. The van der Waals surface area contributed by atoms with Crippen molar-refractivity contribution in [1.82, 2.24) is 15.2 Å². The average molecular weight is 301 g/mol. The largest absolute Gasteiger partial charge is 0.349 e. The molecule has 0 radical (unpaired) electrons. The summed E-state index contributed by atoms with van der Waals surface area (Å²) in [5, 5.41) is 3.03. The molecular weight excluding hydrogens is 278 g/mol. The van der Waals surface area contributed by atoms with Gasteiger partial charge in [0.05, 0.1) is 0 Å². The van der Waals surface area contributed by atoms with Gasteiger partial charge in [0, 0.05) is 42.7 Å². The van der Waals surface area contributed by atoms with Gasteiger partial charge in [0.15, 0.2) is 0 Å². The van der Waals surface area contributed by atoms with Gasteiger partial charge in [-0.15, -0.1) is 0 Å². The highest BCUT2D eigenvalue weighted by atomic mass is 16.2. The summed E-state index contributed by atoms with van der Waals surface area (Å²) >= 11 is 0. The van der Waals surface area contributed by atoms with Gasteiger partial charge in [-0.3, -0.25) is 14.6 Å². The molecule has 0 atom stereocenters. The van der Waals surface area contributed by atoms with Gasteiger partial charge in [-0.1, -0.05) is 13.0 Å². The van der Waals surface area contributed by atoms with Gasteiger partial charge in [-0.05, 0) is 38.3 Å². The zero-order chi connectivity index (χ0) is 15.9. The third-order valence-corrected chi connectivity index (χ3v) is 3.91. The number of hydrogen-bond donors (Lipinski definition) is 1. The number of pyridine rings is 1. The van der Waals surface area contributed by atoms with E-state index in [4.69, 9.17) is 0 Å². The van der Waals surface area contributed by atoms with E-state index in [1.165, 1.54) is 0 Å². The molecular formula is C17H23N3O2. The molecule has 2 heterocycles. The van der Waals surface area contributed by atoms with E-state index in [1.807, 2.05) is 24.8 Å². The SMILES string of the molecule is CCC=C(C)C(=O)N1CCC(NC(=O)c2ccncc2)CC1. The Morgan fingerprint density at radius 3 is 2.55 bits per heavy atom. The highest BCUT2D eigenvalue weighted by Crippen LogP contribution is 2.14. The standard InChI is InChI=1S/C17H23N3O2/c1-3-4-13(2)17(22)20-11-7-15(8-12-20)19-16(21)14-5-9-18-10-6-14/h4-6,9-10,15H,3,7-8,11-12H2,1-2H3,(H,19,21). The maximum Gasteiger partial charge on any atom is 0.251 e. The number of carbonyl (C=O) groups excluding carboxylic acids is 2. The van der Waals surface area contributed by atoms with Crippen LogP contribution in [0.4, 0.5) is 0 Å². The lowest BCUT2D eigenvalue weighted by Gasteiger charge is -2.32. The van der Waals surface area contributed by atoms with Crippen LogP contribution in [-0.2, 0) is 4.79 Å².